The van der Waals surface area contributed by atoms with Crippen LogP contribution in [0.2, 0.25) is 0 Å². The van der Waals surface area contributed by atoms with Crippen molar-refractivity contribution in [1.29, 1.82) is 0 Å². The summed E-state index contributed by atoms with van der Waals surface area (Å²) in [6.07, 6.45) is 4.32. The molecule has 3 heteroatoms. The van der Waals surface area contributed by atoms with Crippen LogP contribution >= 0.6 is 0 Å². The molecule has 1 aliphatic heterocycles. The van der Waals surface area contributed by atoms with E-state index in [1.807, 2.05) is 6.20 Å². The molecule has 3 nitrogen and oxygen atoms in total. The Balaban J connectivity index is 1.80. The van der Waals surface area contributed by atoms with Crippen molar-refractivity contribution >= 4 is 5.69 Å². The molecule has 2 aromatic rings. The van der Waals surface area contributed by atoms with Crippen LogP contribution in [0, 0.1) is 0 Å². The molecule has 0 saturated heterocycles. The van der Waals surface area contributed by atoms with Crippen molar-refractivity contribution < 1.29 is 0 Å². The predicted molar refractivity (Wildman–Crippen MR) is 87.4 cm³/mol. The second kappa shape index (κ2) is 6.72. The highest BCUT2D eigenvalue weighted by Gasteiger charge is 2.14. The molecule has 3 rings (SSSR count). The monoisotopic (exact) mass is 281 g/mol. The van der Waals surface area contributed by atoms with E-state index in [4.69, 9.17) is 0 Å². The first-order chi connectivity index (χ1) is 10.4. The molecule has 110 valence electrons. The van der Waals surface area contributed by atoms with E-state index >= 15 is 0 Å². The minimum absolute atomic E-state index is 0.842. The Morgan fingerprint density at radius 1 is 1.19 bits per heavy atom. The summed E-state index contributed by atoms with van der Waals surface area (Å²) in [5.74, 6) is 0. The van der Waals surface area contributed by atoms with Crippen molar-refractivity contribution in [2.75, 3.05) is 18.0 Å². The van der Waals surface area contributed by atoms with Gasteiger partial charge in [0.05, 0.1) is 5.69 Å². The smallest absolute Gasteiger partial charge is 0.0562 e. The van der Waals surface area contributed by atoms with E-state index in [1.165, 1.54) is 29.7 Å². The van der Waals surface area contributed by atoms with E-state index < -0.39 is 0 Å². The molecule has 1 N–H and O–H groups in total. The number of benzene rings is 1. The molecule has 0 radical (unpaired) electrons. The van der Waals surface area contributed by atoms with E-state index in [2.05, 4.69) is 58.5 Å². The third-order valence-corrected chi connectivity index (χ3v) is 4.08. The van der Waals surface area contributed by atoms with Gasteiger partial charge in [-0.1, -0.05) is 31.2 Å². The summed E-state index contributed by atoms with van der Waals surface area (Å²) in [6, 6.07) is 13.2. The molecule has 0 amide bonds. The van der Waals surface area contributed by atoms with E-state index in [0.29, 0.717) is 0 Å². The van der Waals surface area contributed by atoms with Gasteiger partial charge in [0.25, 0.3) is 0 Å². The molecule has 0 aliphatic carbocycles. The van der Waals surface area contributed by atoms with Gasteiger partial charge in [-0.2, -0.15) is 0 Å². The fraction of sp³-hybridized carbons (Fsp3) is 0.389. The van der Waals surface area contributed by atoms with Crippen LogP contribution in [0.25, 0.3) is 0 Å². The summed E-state index contributed by atoms with van der Waals surface area (Å²) in [5, 5.41) is 3.34. The van der Waals surface area contributed by atoms with Crippen LogP contribution in [0.4, 0.5) is 5.69 Å². The van der Waals surface area contributed by atoms with Gasteiger partial charge in [-0.3, -0.25) is 4.98 Å². The van der Waals surface area contributed by atoms with Gasteiger partial charge in [0, 0.05) is 31.5 Å². The maximum absolute atomic E-state index is 4.45. The van der Waals surface area contributed by atoms with Crippen molar-refractivity contribution in [3.8, 4) is 0 Å². The lowest BCUT2D eigenvalue weighted by Crippen LogP contribution is -2.23. The normalized spacial score (nSPS) is 14.6. The highest BCUT2D eigenvalue weighted by molar-refractivity contribution is 5.48. The zero-order chi connectivity index (χ0) is 14.5. The molecule has 2 heterocycles. The molecular formula is C18H23N3. The largest absolute Gasteiger partial charge is 0.367 e. The Bertz CT molecular complexity index is 595. The lowest BCUT2D eigenvalue weighted by molar-refractivity contribution is 0.708. The Kier molecular flexibility index (Phi) is 4.51. The summed E-state index contributed by atoms with van der Waals surface area (Å²) >= 11 is 0. The topological polar surface area (TPSA) is 28.2 Å². The SMILES string of the molecule is CCNCc1cc(N2CCCc3ccccc3C2)ccn1. The summed E-state index contributed by atoms with van der Waals surface area (Å²) in [5.41, 5.74) is 5.36. The molecule has 0 bridgehead atoms. The molecule has 1 aromatic heterocycles. The molecule has 0 saturated carbocycles. The molecule has 0 atom stereocenters. The van der Waals surface area contributed by atoms with Crippen LogP contribution in [0.3, 0.4) is 0 Å². The van der Waals surface area contributed by atoms with Gasteiger partial charge in [-0.15, -0.1) is 0 Å². The third-order valence-electron chi connectivity index (χ3n) is 4.08. The molecule has 1 aromatic carbocycles. The van der Waals surface area contributed by atoms with Gasteiger partial charge in [-0.25, -0.2) is 0 Å². The van der Waals surface area contributed by atoms with E-state index in [1.54, 1.807) is 0 Å². The number of hydrogen-bond acceptors (Lipinski definition) is 3. The molecule has 1 aliphatic rings. The number of fused-ring (bicyclic) bond motifs is 1. The van der Waals surface area contributed by atoms with Crippen LogP contribution in [0.15, 0.2) is 42.6 Å². The minimum atomic E-state index is 0.842. The van der Waals surface area contributed by atoms with E-state index in [0.717, 1.165) is 31.9 Å². The first-order valence-electron chi connectivity index (χ1n) is 7.84. The van der Waals surface area contributed by atoms with Gasteiger partial charge in [-0.05, 0) is 42.6 Å². The Morgan fingerprint density at radius 2 is 2.05 bits per heavy atom. The highest BCUT2D eigenvalue weighted by Crippen LogP contribution is 2.24. The molecule has 0 fully saturated rings. The maximum Gasteiger partial charge on any atom is 0.0562 e. The summed E-state index contributed by atoms with van der Waals surface area (Å²) in [7, 11) is 0. The first-order valence-corrected chi connectivity index (χ1v) is 7.84. The Hall–Kier alpha value is -1.87. The van der Waals surface area contributed by atoms with Crippen LogP contribution in [-0.2, 0) is 19.5 Å². The van der Waals surface area contributed by atoms with Gasteiger partial charge in [0.1, 0.15) is 0 Å². The number of nitrogens with zero attached hydrogens (tertiary/aromatic N) is 2. The van der Waals surface area contributed by atoms with Crippen molar-refractivity contribution in [3.63, 3.8) is 0 Å². The predicted octanol–water partition coefficient (Wildman–Crippen LogP) is 3.14. The lowest BCUT2D eigenvalue weighted by atomic mass is 10.0. The van der Waals surface area contributed by atoms with Crippen molar-refractivity contribution in [1.82, 2.24) is 10.3 Å². The Morgan fingerprint density at radius 3 is 2.90 bits per heavy atom. The molecule has 0 unspecified atom stereocenters. The minimum Gasteiger partial charge on any atom is -0.367 e. The van der Waals surface area contributed by atoms with Gasteiger partial charge in [0.15, 0.2) is 0 Å². The number of aromatic nitrogens is 1. The van der Waals surface area contributed by atoms with Crippen LogP contribution < -0.4 is 10.2 Å². The highest BCUT2D eigenvalue weighted by atomic mass is 15.1. The average molecular weight is 281 g/mol. The summed E-state index contributed by atoms with van der Waals surface area (Å²) in [4.78, 5) is 6.93. The second-order valence-corrected chi connectivity index (χ2v) is 5.58. The second-order valence-electron chi connectivity index (χ2n) is 5.58. The average Bonchev–Trinajstić information content (AvgIpc) is 2.75. The number of hydrogen-bond donors (Lipinski definition) is 1. The zero-order valence-electron chi connectivity index (χ0n) is 12.7. The summed E-state index contributed by atoms with van der Waals surface area (Å²) in [6.45, 7) is 6.05. The molecule has 21 heavy (non-hydrogen) atoms. The number of pyridine rings is 1. The third kappa shape index (κ3) is 3.42. The number of aryl methyl sites for hydroxylation is 1. The maximum atomic E-state index is 4.45. The molecular weight excluding hydrogens is 258 g/mol. The lowest BCUT2D eigenvalue weighted by Gasteiger charge is -2.23. The molecule has 0 spiro atoms. The van der Waals surface area contributed by atoms with Crippen molar-refractivity contribution in [2.24, 2.45) is 0 Å². The van der Waals surface area contributed by atoms with Crippen LogP contribution in [0.1, 0.15) is 30.2 Å². The zero-order valence-corrected chi connectivity index (χ0v) is 12.7. The van der Waals surface area contributed by atoms with Gasteiger partial charge in [0.2, 0.25) is 0 Å². The Labute approximate surface area is 127 Å². The number of rotatable bonds is 4. The van der Waals surface area contributed by atoms with Crippen LogP contribution in [0.5, 0.6) is 0 Å². The number of anilines is 1. The summed E-state index contributed by atoms with van der Waals surface area (Å²) < 4.78 is 0. The first kappa shape index (κ1) is 14.1. The van der Waals surface area contributed by atoms with Crippen molar-refractivity contribution in [3.05, 3.63) is 59.4 Å². The number of nitrogens with one attached hydrogen (secondary N) is 1. The van der Waals surface area contributed by atoms with Gasteiger partial charge < -0.3 is 10.2 Å². The standard InChI is InChI=1S/C18H23N3/c1-2-19-13-17-12-18(9-10-20-17)21-11-5-8-15-6-3-4-7-16(15)14-21/h3-4,6-7,9-10,12,19H,2,5,8,11,13-14H2,1H3. The van der Waals surface area contributed by atoms with E-state index in [-0.39, 0.29) is 0 Å². The quantitative estimate of drug-likeness (QED) is 0.933. The fourth-order valence-electron chi connectivity index (χ4n) is 2.93. The van der Waals surface area contributed by atoms with Crippen LogP contribution in [-0.4, -0.2) is 18.1 Å². The van der Waals surface area contributed by atoms with Gasteiger partial charge >= 0.3 is 0 Å². The van der Waals surface area contributed by atoms with Crippen molar-refractivity contribution in [2.45, 2.75) is 32.9 Å². The fourth-order valence-corrected chi connectivity index (χ4v) is 2.93. The van der Waals surface area contributed by atoms with E-state index in [9.17, 15) is 0 Å².